The molecule has 22 heavy (non-hydrogen) atoms. The normalized spacial score (nSPS) is 11.5. The van der Waals surface area contributed by atoms with E-state index in [-0.39, 0.29) is 17.4 Å². The standard InChI is InChI=1S/C15H20FN5O/c1-3-15(17,4-2)10-18-14(22)13-9-19-21(20-13)12-7-5-11(16)6-8-12/h5-9H,3-4,10,17H2,1-2H3,(H,18,22). The summed E-state index contributed by atoms with van der Waals surface area (Å²) in [6.45, 7) is 4.35. The number of carbonyl (C=O) groups is 1. The summed E-state index contributed by atoms with van der Waals surface area (Å²) in [5.74, 6) is -0.669. The van der Waals surface area contributed by atoms with Gasteiger partial charge in [0.05, 0.1) is 11.9 Å². The lowest BCUT2D eigenvalue weighted by Crippen LogP contribution is -2.49. The van der Waals surface area contributed by atoms with Crippen molar-refractivity contribution < 1.29 is 9.18 Å². The van der Waals surface area contributed by atoms with Gasteiger partial charge in [-0.2, -0.15) is 9.90 Å². The second-order valence-corrected chi connectivity index (χ2v) is 5.25. The Morgan fingerprint density at radius 2 is 1.95 bits per heavy atom. The number of hydrogen-bond acceptors (Lipinski definition) is 4. The molecule has 0 fully saturated rings. The van der Waals surface area contributed by atoms with Crippen molar-refractivity contribution in [2.75, 3.05) is 6.54 Å². The van der Waals surface area contributed by atoms with Gasteiger partial charge in [-0.3, -0.25) is 4.79 Å². The minimum Gasteiger partial charge on any atom is -0.349 e. The van der Waals surface area contributed by atoms with Crippen LogP contribution in [0.3, 0.4) is 0 Å². The number of nitrogens with one attached hydrogen (secondary N) is 1. The van der Waals surface area contributed by atoms with E-state index in [0.29, 0.717) is 12.2 Å². The Balaban J connectivity index is 2.05. The van der Waals surface area contributed by atoms with E-state index in [1.54, 1.807) is 0 Å². The molecule has 118 valence electrons. The number of halogens is 1. The molecule has 7 heteroatoms. The fourth-order valence-electron chi connectivity index (χ4n) is 1.91. The van der Waals surface area contributed by atoms with E-state index in [1.165, 1.54) is 35.3 Å². The van der Waals surface area contributed by atoms with Crippen molar-refractivity contribution in [2.24, 2.45) is 5.73 Å². The Hall–Kier alpha value is -2.28. The monoisotopic (exact) mass is 305 g/mol. The van der Waals surface area contributed by atoms with Crippen molar-refractivity contribution in [2.45, 2.75) is 32.2 Å². The first kappa shape index (κ1) is 16.1. The van der Waals surface area contributed by atoms with Gasteiger partial charge in [0.25, 0.3) is 5.91 Å². The number of amides is 1. The molecule has 3 N–H and O–H groups in total. The third-order valence-electron chi connectivity index (χ3n) is 3.79. The minimum absolute atomic E-state index is 0.193. The fraction of sp³-hybridized carbons (Fsp3) is 0.400. The summed E-state index contributed by atoms with van der Waals surface area (Å²) < 4.78 is 12.9. The predicted octanol–water partition coefficient (Wildman–Crippen LogP) is 1.65. The molecule has 0 saturated heterocycles. The Kier molecular flexibility index (Phi) is 4.87. The number of carbonyl (C=O) groups excluding carboxylic acids is 1. The van der Waals surface area contributed by atoms with E-state index < -0.39 is 5.54 Å². The predicted molar refractivity (Wildman–Crippen MR) is 81.2 cm³/mol. The van der Waals surface area contributed by atoms with Crippen molar-refractivity contribution in [3.8, 4) is 5.69 Å². The summed E-state index contributed by atoms with van der Waals surface area (Å²) in [4.78, 5) is 13.4. The lowest BCUT2D eigenvalue weighted by molar-refractivity contribution is 0.0936. The van der Waals surface area contributed by atoms with E-state index in [1.807, 2.05) is 13.8 Å². The summed E-state index contributed by atoms with van der Waals surface area (Å²) in [5.41, 5.74) is 6.50. The molecule has 1 heterocycles. The van der Waals surface area contributed by atoms with Gasteiger partial charge in [-0.1, -0.05) is 13.8 Å². The highest BCUT2D eigenvalue weighted by molar-refractivity contribution is 5.91. The van der Waals surface area contributed by atoms with E-state index >= 15 is 0 Å². The molecule has 0 atom stereocenters. The smallest absolute Gasteiger partial charge is 0.273 e. The van der Waals surface area contributed by atoms with Crippen molar-refractivity contribution in [1.82, 2.24) is 20.3 Å². The van der Waals surface area contributed by atoms with Gasteiger partial charge >= 0.3 is 0 Å². The van der Waals surface area contributed by atoms with Crippen LogP contribution >= 0.6 is 0 Å². The number of benzene rings is 1. The third kappa shape index (κ3) is 3.67. The van der Waals surface area contributed by atoms with Crippen molar-refractivity contribution in [1.29, 1.82) is 0 Å². The quantitative estimate of drug-likeness (QED) is 0.850. The van der Waals surface area contributed by atoms with Gasteiger partial charge in [0.1, 0.15) is 5.82 Å². The van der Waals surface area contributed by atoms with Crippen molar-refractivity contribution >= 4 is 5.91 Å². The lowest BCUT2D eigenvalue weighted by atomic mass is 9.94. The van der Waals surface area contributed by atoms with Crippen molar-refractivity contribution in [3.63, 3.8) is 0 Å². The van der Waals surface area contributed by atoms with E-state index in [0.717, 1.165) is 12.8 Å². The van der Waals surface area contributed by atoms with E-state index in [2.05, 4.69) is 15.5 Å². The second-order valence-electron chi connectivity index (χ2n) is 5.25. The Morgan fingerprint density at radius 1 is 1.32 bits per heavy atom. The summed E-state index contributed by atoms with van der Waals surface area (Å²) in [7, 11) is 0. The van der Waals surface area contributed by atoms with E-state index in [4.69, 9.17) is 5.73 Å². The highest BCUT2D eigenvalue weighted by Crippen LogP contribution is 2.10. The molecule has 1 aromatic carbocycles. The average Bonchev–Trinajstić information content (AvgIpc) is 3.03. The summed E-state index contributed by atoms with van der Waals surface area (Å²) in [6.07, 6.45) is 2.91. The van der Waals surface area contributed by atoms with Crippen LogP contribution in [0.25, 0.3) is 5.69 Å². The zero-order chi connectivity index (χ0) is 16.2. The SMILES string of the molecule is CCC(N)(CC)CNC(=O)c1cnn(-c2ccc(F)cc2)n1. The fourth-order valence-corrected chi connectivity index (χ4v) is 1.91. The molecule has 0 spiro atoms. The molecular formula is C15H20FN5O. The molecule has 0 saturated carbocycles. The maximum Gasteiger partial charge on any atom is 0.273 e. The number of nitrogens with two attached hydrogens (primary N) is 1. The van der Waals surface area contributed by atoms with Gasteiger partial charge in [0, 0.05) is 12.1 Å². The molecule has 0 unspecified atom stereocenters. The van der Waals surface area contributed by atoms with Crippen LogP contribution in [0.1, 0.15) is 37.2 Å². The molecule has 0 aliphatic rings. The number of rotatable bonds is 6. The number of aromatic nitrogens is 3. The zero-order valence-electron chi connectivity index (χ0n) is 12.7. The number of hydrogen-bond donors (Lipinski definition) is 2. The van der Waals surface area contributed by atoms with Crippen LogP contribution in [0.15, 0.2) is 30.5 Å². The van der Waals surface area contributed by atoms with Crippen LogP contribution in [0.5, 0.6) is 0 Å². The summed E-state index contributed by atoms with van der Waals surface area (Å²) in [6, 6.07) is 5.69. The average molecular weight is 305 g/mol. The van der Waals surface area contributed by atoms with Crippen LogP contribution in [0.2, 0.25) is 0 Å². The first-order chi connectivity index (χ1) is 10.5. The largest absolute Gasteiger partial charge is 0.349 e. The molecule has 0 radical (unpaired) electrons. The highest BCUT2D eigenvalue weighted by atomic mass is 19.1. The molecular weight excluding hydrogens is 285 g/mol. The van der Waals surface area contributed by atoms with Crippen LogP contribution in [-0.4, -0.2) is 33.0 Å². The van der Waals surface area contributed by atoms with Gasteiger partial charge in [-0.15, -0.1) is 5.10 Å². The molecule has 1 aromatic heterocycles. The van der Waals surface area contributed by atoms with Crippen LogP contribution in [0.4, 0.5) is 4.39 Å². The number of nitrogens with zero attached hydrogens (tertiary/aromatic N) is 3. The zero-order valence-corrected chi connectivity index (χ0v) is 12.7. The first-order valence-electron chi connectivity index (χ1n) is 7.23. The molecule has 2 rings (SSSR count). The molecule has 0 aliphatic carbocycles. The topological polar surface area (TPSA) is 85.8 Å². The minimum atomic E-state index is -0.414. The maximum atomic E-state index is 12.9. The Bertz CT molecular complexity index is 634. The van der Waals surface area contributed by atoms with Gasteiger partial charge in [0.2, 0.25) is 0 Å². The maximum absolute atomic E-state index is 12.9. The van der Waals surface area contributed by atoms with Crippen LogP contribution in [0, 0.1) is 5.82 Å². The summed E-state index contributed by atoms with van der Waals surface area (Å²) in [5, 5.41) is 10.9. The molecule has 1 amide bonds. The van der Waals surface area contributed by atoms with Gasteiger partial charge in [-0.25, -0.2) is 4.39 Å². The Labute approximate surface area is 128 Å². The summed E-state index contributed by atoms with van der Waals surface area (Å²) >= 11 is 0. The first-order valence-corrected chi connectivity index (χ1v) is 7.23. The molecule has 2 aromatic rings. The molecule has 0 bridgehead atoms. The van der Waals surface area contributed by atoms with Gasteiger partial charge < -0.3 is 11.1 Å². The third-order valence-corrected chi connectivity index (χ3v) is 3.79. The van der Waals surface area contributed by atoms with E-state index in [9.17, 15) is 9.18 Å². The lowest BCUT2D eigenvalue weighted by Gasteiger charge is -2.26. The van der Waals surface area contributed by atoms with Gasteiger partial charge in [0.15, 0.2) is 5.69 Å². The van der Waals surface area contributed by atoms with Crippen molar-refractivity contribution in [3.05, 3.63) is 42.0 Å². The second kappa shape index (κ2) is 6.65. The molecule has 0 aliphatic heterocycles. The van der Waals surface area contributed by atoms with Gasteiger partial charge in [-0.05, 0) is 37.1 Å². The molecule has 6 nitrogen and oxygen atoms in total. The van der Waals surface area contributed by atoms with Crippen LogP contribution in [-0.2, 0) is 0 Å². The highest BCUT2D eigenvalue weighted by Gasteiger charge is 2.22. The Morgan fingerprint density at radius 3 is 2.55 bits per heavy atom. The van der Waals surface area contributed by atoms with Crippen LogP contribution < -0.4 is 11.1 Å².